The topological polar surface area (TPSA) is 21.3 Å². The maximum atomic E-state index is 2.61. The van der Waals surface area contributed by atoms with Crippen molar-refractivity contribution in [1.29, 1.82) is 0 Å². The van der Waals surface area contributed by atoms with Crippen molar-refractivity contribution in [1.82, 2.24) is 13.7 Å². The summed E-state index contributed by atoms with van der Waals surface area (Å²) in [6.07, 6.45) is 0. The highest BCUT2D eigenvalue weighted by Crippen LogP contribution is 2.64. The van der Waals surface area contributed by atoms with Crippen LogP contribution in [0.1, 0.15) is 33.4 Å². The highest BCUT2D eigenvalue weighted by molar-refractivity contribution is 6.19. The highest BCUT2D eigenvalue weighted by atomic mass is 15.2. The Bertz CT molecular complexity index is 6100. The number of rotatable bonds is 8. The third kappa shape index (κ3) is 7.35. The van der Waals surface area contributed by atoms with Crippen LogP contribution in [0.5, 0.6) is 0 Å². The molecule has 3 aromatic heterocycles. The van der Waals surface area contributed by atoms with Crippen molar-refractivity contribution >= 4 is 121 Å². The molecule has 0 amide bonds. The molecule has 15 aromatic carbocycles. The van der Waals surface area contributed by atoms with Crippen LogP contribution in [0, 0.1) is 13.8 Å². The van der Waals surface area contributed by atoms with Crippen molar-refractivity contribution in [2.24, 2.45) is 0 Å². The summed E-state index contributed by atoms with van der Waals surface area (Å²) in [4.78, 5) is 5.00. The normalized spacial score (nSPS) is 12.9. The summed E-state index contributed by atoms with van der Waals surface area (Å²) in [6.45, 7) is 4.36. The highest BCUT2D eigenvalue weighted by Gasteiger charge is 2.52. The number of aromatic nitrogens is 3. The van der Waals surface area contributed by atoms with Crippen LogP contribution in [-0.2, 0) is 5.41 Å². The van der Waals surface area contributed by atoms with E-state index in [0.717, 1.165) is 56.5 Å². The molecule has 0 bridgehead atoms. The first kappa shape index (κ1) is 52.6. The minimum Gasteiger partial charge on any atom is -0.310 e. The second-order valence-electron chi connectivity index (χ2n) is 25.7. The van der Waals surface area contributed by atoms with E-state index in [-0.39, 0.29) is 0 Å². The first-order valence-electron chi connectivity index (χ1n) is 32.6. The van der Waals surface area contributed by atoms with Crippen LogP contribution in [0.4, 0.5) is 34.1 Å². The zero-order valence-corrected chi connectivity index (χ0v) is 51.8. The van der Waals surface area contributed by atoms with Crippen LogP contribution in [0.25, 0.3) is 115 Å². The quantitative estimate of drug-likeness (QED) is 0.151. The fourth-order valence-electron chi connectivity index (χ4n) is 16.7. The van der Waals surface area contributed by atoms with Crippen molar-refractivity contribution < 1.29 is 0 Å². The SMILES string of the molecule is Cc1ccc(N(c2ccc3c(c2)c2ccccc2n3-c2ccccc2)c2ccc3c(c2)c2cc(N(c4ccc(C)cc4)c4ccc5c(c4)c4ccccc4n5-c4ccccc4)cc4c2n3-c2ccccc2C42c3ccc4ccccc4c3-c3c2ccc2ccccc32)cc1. The molecule has 1 spiro atoms. The fourth-order valence-corrected chi connectivity index (χ4v) is 16.7. The lowest BCUT2D eigenvalue weighted by atomic mass is 9.65. The van der Waals surface area contributed by atoms with Crippen molar-refractivity contribution in [2.75, 3.05) is 9.80 Å². The Morgan fingerprint density at radius 3 is 1.14 bits per heavy atom. The summed E-state index contributed by atoms with van der Waals surface area (Å²) in [5, 5.41) is 12.2. The number of para-hydroxylation sites is 5. The van der Waals surface area contributed by atoms with E-state index in [9.17, 15) is 0 Å². The predicted octanol–water partition coefficient (Wildman–Crippen LogP) is 23.5. The largest absolute Gasteiger partial charge is 0.310 e. The number of anilines is 6. The second-order valence-corrected chi connectivity index (χ2v) is 25.7. The van der Waals surface area contributed by atoms with E-state index in [1.54, 1.807) is 0 Å². The van der Waals surface area contributed by atoms with Crippen LogP contribution in [0.15, 0.2) is 322 Å². The minimum atomic E-state index is -0.759. The molecule has 94 heavy (non-hydrogen) atoms. The van der Waals surface area contributed by atoms with Crippen molar-refractivity contribution in [2.45, 2.75) is 19.3 Å². The lowest BCUT2D eigenvalue weighted by Gasteiger charge is -2.40. The molecule has 0 fully saturated rings. The Morgan fingerprint density at radius 1 is 0.245 bits per heavy atom. The summed E-state index contributed by atoms with van der Waals surface area (Å²) < 4.78 is 7.42. The molecule has 2 aliphatic rings. The summed E-state index contributed by atoms with van der Waals surface area (Å²) >= 11 is 0. The third-order valence-electron chi connectivity index (χ3n) is 20.7. The summed E-state index contributed by atoms with van der Waals surface area (Å²) in [5.74, 6) is 0. The molecule has 18 aromatic rings. The zero-order valence-electron chi connectivity index (χ0n) is 51.8. The number of nitrogens with zero attached hydrogens (tertiary/aromatic N) is 5. The van der Waals surface area contributed by atoms with E-state index >= 15 is 0 Å². The maximum absolute atomic E-state index is 2.61. The predicted molar refractivity (Wildman–Crippen MR) is 394 cm³/mol. The van der Waals surface area contributed by atoms with Crippen molar-refractivity contribution in [3.8, 4) is 28.2 Å². The minimum absolute atomic E-state index is 0.759. The lowest BCUT2D eigenvalue weighted by Crippen LogP contribution is -2.33. The van der Waals surface area contributed by atoms with Crippen LogP contribution in [-0.4, -0.2) is 13.7 Å². The van der Waals surface area contributed by atoms with Crippen LogP contribution in [0.3, 0.4) is 0 Å². The van der Waals surface area contributed by atoms with Gasteiger partial charge in [0.05, 0.1) is 44.2 Å². The van der Waals surface area contributed by atoms with Gasteiger partial charge in [-0.05, 0) is 202 Å². The van der Waals surface area contributed by atoms with E-state index in [2.05, 4.69) is 359 Å². The number of fused-ring (bicyclic) bond motifs is 22. The maximum Gasteiger partial charge on any atom is 0.0755 e. The van der Waals surface area contributed by atoms with E-state index in [0.29, 0.717) is 0 Å². The van der Waals surface area contributed by atoms with Gasteiger partial charge in [0.2, 0.25) is 0 Å². The molecule has 5 heteroatoms. The van der Waals surface area contributed by atoms with Crippen molar-refractivity contribution in [3.63, 3.8) is 0 Å². The van der Waals surface area contributed by atoms with Gasteiger partial charge in [0.15, 0.2) is 0 Å². The van der Waals surface area contributed by atoms with Gasteiger partial charge in [0.25, 0.3) is 0 Å². The standard InChI is InChI=1S/C89H59N5/c1-56-33-39-62(40-34-56)90(64-43-48-82-72(51-64)70-27-13-16-30-80(70)92(82)60-21-5-3-6-22-60)65-45-50-84-74(53-65)75-54-67(91(63-41-35-57(2)36-42-63)66-44-49-83-73(52-66)71-28-14-17-31-81(71)93(83)61-23-7-4-8-24-61)55-79-88(75)94(84)85-32-18-15-29-76(85)89(79)77-46-37-58-19-9-11-25-68(58)86(77)87-69-26-12-10-20-59(69)38-47-78(87)89/h3-55H,1-2H3. The number of aryl methyl sites for hydroxylation is 2. The molecule has 4 heterocycles. The summed E-state index contributed by atoms with van der Waals surface area (Å²) in [5.41, 5.74) is 26.3. The van der Waals surface area contributed by atoms with E-state index in [1.165, 1.54) is 126 Å². The van der Waals surface area contributed by atoms with Gasteiger partial charge in [-0.2, -0.15) is 0 Å². The molecule has 20 rings (SSSR count). The molecule has 1 aliphatic carbocycles. The molecule has 0 unspecified atom stereocenters. The van der Waals surface area contributed by atoms with Crippen molar-refractivity contribution in [3.05, 3.63) is 355 Å². The van der Waals surface area contributed by atoms with Crippen LogP contribution in [0.2, 0.25) is 0 Å². The van der Waals surface area contributed by atoms with E-state index in [4.69, 9.17) is 0 Å². The smallest absolute Gasteiger partial charge is 0.0755 e. The average Bonchev–Trinajstić information content (AvgIpc) is 1.42. The molecular formula is C89H59N5. The molecule has 0 saturated heterocycles. The number of hydrogen-bond donors (Lipinski definition) is 0. The van der Waals surface area contributed by atoms with E-state index < -0.39 is 5.41 Å². The van der Waals surface area contributed by atoms with Gasteiger partial charge >= 0.3 is 0 Å². The van der Waals surface area contributed by atoms with Gasteiger partial charge in [-0.25, -0.2) is 0 Å². The second kappa shape index (κ2) is 19.9. The Morgan fingerprint density at radius 2 is 0.628 bits per heavy atom. The summed E-state index contributed by atoms with van der Waals surface area (Å²) in [7, 11) is 0. The molecule has 0 N–H and O–H groups in total. The zero-order chi connectivity index (χ0) is 61.9. The molecule has 0 saturated carbocycles. The van der Waals surface area contributed by atoms with Gasteiger partial charge in [-0.15, -0.1) is 0 Å². The molecule has 5 nitrogen and oxygen atoms in total. The number of benzene rings is 15. The van der Waals surface area contributed by atoms with Gasteiger partial charge in [0.1, 0.15) is 0 Å². The third-order valence-corrected chi connectivity index (χ3v) is 20.7. The lowest BCUT2D eigenvalue weighted by molar-refractivity contribution is 0.749. The Balaban J connectivity index is 0.910. The van der Waals surface area contributed by atoms with Gasteiger partial charge < -0.3 is 23.5 Å². The van der Waals surface area contributed by atoms with Gasteiger partial charge in [-0.1, -0.05) is 199 Å². The van der Waals surface area contributed by atoms with Crippen LogP contribution >= 0.6 is 0 Å². The average molecular weight is 1200 g/mol. The first-order chi connectivity index (χ1) is 46.5. The molecule has 440 valence electrons. The molecule has 0 radical (unpaired) electrons. The Labute approximate surface area is 543 Å². The molecular weight excluding hydrogens is 1140 g/mol. The summed E-state index contributed by atoms with van der Waals surface area (Å²) in [6, 6.07) is 121. The van der Waals surface area contributed by atoms with Gasteiger partial charge in [-0.3, -0.25) is 0 Å². The monoisotopic (exact) mass is 1200 g/mol. The Hall–Kier alpha value is -12.2. The fraction of sp³-hybridized carbons (Fsp3) is 0.0337. The number of hydrogen-bond acceptors (Lipinski definition) is 2. The van der Waals surface area contributed by atoms with Crippen LogP contribution < -0.4 is 9.80 Å². The van der Waals surface area contributed by atoms with Gasteiger partial charge in [0, 0.05) is 77.8 Å². The Kier molecular flexibility index (Phi) is 11.1. The van der Waals surface area contributed by atoms with E-state index in [1.807, 2.05) is 0 Å². The first-order valence-corrected chi connectivity index (χ1v) is 32.6. The molecule has 0 atom stereocenters. The molecule has 1 aliphatic heterocycles.